The van der Waals surface area contributed by atoms with Crippen molar-refractivity contribution in [2.24, 2.45) is 0 Å². The molecule has 0 radical (unpaired) electrons. The molecule has 0 heterocycles. The van der Waals surface area contributed by atoms with Crippen molar-refractivity contribution in [2.75, 3.05) is 5.73 Å². The molecule has 0 aliphatic heterocycles. The zero-order valence-electron chi connectivity index (χ0n) is 6.59. The standard InChI is InChI=1S/C9H10INO/c10-6-1-4-9(8(11)5-6)12-7-2-3-7/h1,4-5,7H,2-3,11H2. The molecule has 2 nitrogen and oxygen atoms in total. The highest BCUT2D eigenvalue weighted by atomic mass is 127. The van der Waals surface area contributed by atoms with Gasteiger partial charge >= 0.3 is 0 Å². The molecule has 0 saturated heterocycles. The minimum absolute atomic E-state index is 0.423. The Labute approximate surface area is 85.2 Å². The summed E-state index contributed by atoms with van der Waals surface area (Å²) in [4.78, 5) is 0. The number of rotatable bonds is 2. The summed E-state index contributed by atoms with van der Waals surface area (Å²) in [6.45, 7) is 0. The van der Waals surface area contributed by atoms with E-state index in [9.17, 15) is 0 Å². The highest BCUT2D eigenvalue weighted by molar-refractivity contribution is 14.1. The fourth-order valence-electron chi connectivity index (χ4n) is 0.992. The van der Waals surface area contributed by atoms with Gasteiger partial charge in [0.05, 0.1) is 11.8 Å². The summed E-state index contributed by atoms with van der Waals surface area (Å²) in [6.07, 6.45) is 2.77. The van der Waals surface area contributed by atoms with E-state index in [1.807, 2.05) is 18.2 Å². The summed E-state index contributed by atoms with van der Waals surface area (Å²) in [7, 11) is 0. The van der Waals surface area contributed by atoms with E-state index in [-0.39, 0.29) is 0 Å². The molecule has 1 aromatic rings. The molecule has 0 atom stereocenters. The van der Waals surface area contributed by atoms with Gasteiger partial charge in [-0.15, -0.1) is 0 Å². The summed E-state index contributed by atoms with van der Waals surface area (Å²) < 4.78 is 6.73. The molecular formula is C9H10INO. The van der Waals surface area contributed by atoms with Crippen LogP contribution >= 0.6 is 22.6 Å². The van der Waals surface area contributed by atoms with Gasteiger partial charge in [-0.25, -0.2) is 0 Å². The molecule has 0 unspecified atom stereocenters. The number of hydrogen-bond donors (Lipinski definition) is 1. The van der Waals surface area contributed by atoms with Crippen LogP contribution in [0.1, 0.15) is 12.8 Å². The lowest BCUT2D eigenvalue weighted by Crippen LogP contribution is -1.99. The van der Waals surface area contributed by atoms with Crippen LogP contribution in [0.15, 0.2) is 18.2 Å². The van der Waals surface area contributed by atoms with Gasteiger partial charge in [0.1, 0.15) is 5.75 Å². The number of benzene rings is 1. The normalized spacial score (nSPS) is 16.1. The number of nitrogens with two attached hydrogens (primary N) is 1. The zero-order chi connectivity index (χ0) is 8.55. The number of ether oxygens (including phenoxy) is 1. The molecule has 2 N–H and O–H groups in total. The SMILES string of the molecule is Nc1cc(I)ccc1OC1CC1. The molecule has 2 rings (SSSR count). The molecule has 0 amide bonds. The highest BCUT2D eigenvalue weighted by Crippen LogP contribution is 2.31. The zero-order valence-corrected chi connectivity index (χ0v) is 8.74. The minimum atomic E-state index is 0.423. The fourth-order valence-corrected chi connectivity index (χ4v) is 1.51. The molecule has 3 heteroatoms. The molecule has 0 bridgehead atoms. The maximum atomic E-state index is 5.77. The molecule has 64 valence electrons. The van der Waals surface area contributed by atoms with Gasteiger partial charge in [-0.3, -0.25) is 0 Å². The molecule has 1 aromatic carbocycles. The molecule has 12 heavy (non-hydrogen) atoms. The van der Waals surface area contributed by atoms with Gasteiger partial charge in [-0.2, -0.15) is 0 Å². The van der Waals surface area contributed by atoms with Gasteiger partial charge in [0, 0.05) is 3.57 Å². The summed E-state index contributed by atoms with van der Waals surface area (Å²) in [6, 6.07) is 5.88. The van der Waals surface area contributed by atoms with Crippen LogP contribution in [0.4, 0.5) is 5.69 Å². The Morgan fingerprint density at radius 1 is 1.42 bits per heavy atom. The van der Waals surface area contributed by atoms with Crippen LogP contribution in [0.25, 0.3) is 0 Å². The van der Waals surface area contributed by atoms with E-state index in [2.05, 4.69) is 22.6 Å². The summed E-state index contributed by atoms with van der Waals surface area (Å²) >= 11 is 2.24. The monoisotopic (exact) mass is 275 g/mol. The second kappa shape index (κ2) is 3.12. The Kier molecular flexibility index (Phi) is 2.12. The van der Waals surface area contributed by atoms with Gasteiger partial charge in [-0.05, 0) is 53.6 Å². The maximum Gasteiger partial charge on any atom is 0.142 e. The van der Waals surface area contributed by atoms with E-state index in [0.29, 0.717) is 6.10 Å². The van der Waals surface area contributed by atoms with Gasteiger partial charge in [0.25, 0.3) is 0 Å². The summed E-state index contributed by atoms with van der Waals surface area (Å²) in [5.41, 5.74) is 6.51. The molecule has 1 fully saturated rings. The first-order valence-corrected chi connectivity index (χ1v) is 5.05. The van der Waals surface area contributed by atoms with E-state index in [1.54, 1.807) is 0 Å². The van der Waals surface area contributed by atoms with E-state index in [4.69, 9.17) is 10.5 Å². The smallest absolute Gasteiger partial charge is 0.142 e. The maximum absolute atomic E-state index is 5.77. The average molecular weight is 275 g/mol. The second-order valence-electron chi connectivity index (χ2n) is 3.00. The number of nitrogen functional groups attached to an aromatic ring is 1. The van der Waals surface area contributed by atoms with Crippen molar-refractivity contribution in [3.63, 3.8) is 0 Å². The highest BCUT2D eigenvalue weighted by Gasteiger charge is 2.24. The lowest BCUT2D eigenvalue weighted by molar-refractivity contribution is 0.305. The average Bonchev–Trinajstić information content (AvgIpc) is 2.79. The third-order valence-electron chi connectivity index (χ3n) is 1.79. The topological polar surface area (TPSA) is 35.2 Å². The van der Waals surface area contributed by atoms with Crippen LogP contribution in [0, 0.1) is 3.57 Å². The van der Waals surface area contributed by atoms with Crippen LogP contribution in [-0.2, 0) is 0 Å². The summed E-state index contributed by atoms with van der Waals surface area (Å²) in [5, 5.41) is 0. The first-order chi connectivity index (χ1) is 5.75. The first-order valence-electron chi connectivity index (χ1n) is 3.97. The molecule has 0 aromatic heterocycles. The van der Waals surface area contributed by atoms with Crippen molar-refractivity contribution < 1.29 is 4.74 Å². The Morgan fingerprint density at radius 3 is 2.75 bits per heavy atom. The lowest BCUT2D eigenvalue weighted by Gasteiger charge is -2.06. The van der Waals surface area contributed by atoms with Crippen LogP contribution in [-0.4, -0.2) is 6.10 Å². The van der Waals surface area contributed by atoms with Crippen LogP contribution in [0.2, 0.25) is 0 Å². The number of halogens is 1. The lowest BCUT2D eigenvalue weighted by atomic mass is 10.3. The summed E-state index contributed by atoms with van der Waals surface area (Å²) in [5.74, 6) is 0.831. The van der Waals surface area contributed by atoms with E-state index >= 15 is 0 Å². The van der Waals surface area contributed by atoms with Crippen molar-refractivity contribution >= 4 is 28.3 Å². The molecule has 1 aliphatic rings. The van der Waals surface area contributed by atoms with Crippen molar-refractivity contribution in [2.45, 2.75) is 18.9 Å². The van der Waals surface area contributed by atoms with E-state index < -0.39 is 0 Å². The Balaban J connectivity index is 2.18. The first kappa shape index (κ1) is 8.16. The number of anilines is 1. The Bertz CT molecular complexity index is 297. The molecule has 1 aliphatic carbocycles. The van der Waals surface area contributed by atoms with Gasteiger partial charge in [0.15, 0.2) is 0 Å². The third kappa shape index (κ3) is 1.83. The quantitative estimate of drug-likeness (QED) is 0.664. The fraction of sp³-hybridized carbons (Fsp3) is 0.333. The van der Waals surface area contributed by atoms with Gasteiger partial charge < -0.3 is 10.5 Å². The molecular weight excluding hydrogens is 265 g/mol. The van der Waals surface area contributed by atoms with Gasteiger partial charge in [0.2, 0.25) is 0 Å². The van der Waals surface area contributed by atoms with Crippen LogP contribution in [0.3, 0.4) is 0 Å². The number of hydrogen-bond acceptors (Lipinski definition) is 2. The Hall–Kier alpha value is -0.450. The predicted molar refractivity (Wildman–Crippen MR) is 57.2 cm³/mol. The third-order valence-corrected chi connectivity index (χ3v) is 2.46. The van der Waals surface area contributed by atoms with Crippen LogP contribution < -0.4 is 10.5 Å². The van der Waals surface area contributed by atoms with Crippen molar-refractivity contribution in [3.05, 3.63) is 21.8 Å². The minimum Gasteiger partial charge on any atom is -0.488 e. The van der Waals surface area contributed by atoms with E-state index in [0.717, 1.165) is 15.0 Å². The van der Waals surface area contributed by atoms with Crippen molar-refractivity contribution in [3.8, 4) is 5.75 Å². The van der Waals surface area contributed by atoms with E-state index in [1.165, 1.54) is 12.8 Å². The van der Waals surface area contributed by atoms with Crippen LogP contribution in [0.5, 0.6) is 5.75 Å². The largest absolute Gasteiger partial charge is 0.488 e. The van der Waals surface area contributed by atoms with Crippen molar-refractivity contribution in [1.82, 2.24) is 0 Å². The van der Waals surface area contributed by atoms with Gasteiger partial charge in [-0.1, -0.05) is 0 Å². The Morgan fingerprint density at radius 2 is 2.17 bits per heavy atom. The predicted octanol–water partition coefficient (Wildman–Crippen LogP) is 2.41. The molecule has 0 spiro atoms. The molecule has 1 saturated carbocycles. The van der Waals surface area contributed by atoms with Crippen molar-refractivity contribution in [1.29, 1.82) is 0 Å². The second-order valence-corrected chi connectivity index (χ2v) is 4.24.